The Morgan fingerprint density at radius 3 is 2.76 bits per heavy atom. The van der Waals surface area contributed by atoms with Crippen molar-refractivity contribution in [3.05, 3.63) is 55.4 Å². The predicted octanol–water partition coefficient (Wildman–Crippen LogP) is 4.58. The lowest BCUT2D eigenvalue weighted by Crippen LogP contribution is -2.02. The first-order valence-corrected chi connectivity index (χ1v) is 7.03. The fourth-order valence-electron chi connectivity index (χ4n) is 1.53. The highest BCUT2D eigenvalue weighted by atomic mass is 79.9. The summed E-state index contributed by atoms with van der Waals surface area (Å²) in [6.45, 7) is 0. The minimum absolute atomic E-state index is 0.343. The highest BCUT2D eigenvalue weighted by Crippen LogP contribution is 2.31. The molecule has 5 heteroatoms. The van der Waals surface area contributed by atoms with Crippen molar-refractivity contribution in [2.75, 3.05) is 0 Å². The molecule has 1 N–H and O–H groups in total. The summed E-state index contributed by atoms with van der Waals surface area (Å²) < 4.78 is 13.8. The normalized spacial score (nSPS) is 12.7. The van der Waals surface area contributed by atoms with Crippen molar-refractivity contribution in [3.8, 4) is 0 Å². The van der Waals surface area contributed by atoms with Gasteiger partial charge in [0, 0.05) is 26.9 Å². The molecular weight excluding hydrogens is 327 g/mol. The highest BCUT2D eigenvalue weighted by molar-refractivity contribution is 9.10. The van der Waals surface area contributed by atoms with Gasteiger partial charge in [0.1, 0.15) is 5.82 Å². The van der Waals surface area contributed by atoms with E-state index in [4.69, 9.17) is 11.6 Å². The largest absolute Gasteiger partial charge is 0.388 e. The Morgan fingerprint density at radius 1 is 1.41 bits per heavy atom. The van der Waals surface area contributed by atoms with Gasteiger partial charge < -0.3 is 5.11 Å². The number of thiophene rings is 1. The molecule has 1 atom stereocenters. The molecule has 0 bridgehead atoms. The zero-order chi connectivity index (χ0) is 12.4. The molecule has 0 fully saturated rings. The lowest BCUT2D eigenvalue weighted by Gasteiger charge is -2.11. The maximum absolute atomic E-state index is 12.9. The van der Waals surface area contributed by atoms with E-state index in [1.54, 1.807) is 6.07 Å². The van der Waals surface area contributed by atoms with Crippen LogP contribution in [0.3, 0.4) is 0 Å². The van der Waals surface area contributed by atoms with Crippen molar-refractivity contribution in [1.29, 1.82) is 0 Å². The minimum Gasteiger partial charge on any atom is -0.388 e. The Kier molecular flexibility index (Phi) is 4.20. The van der Waals surface area contributed by atoms with Gasteiger partial charge in [-0.15, -0.1) is 0 Å². The van der Waals surface area contributed by atoms with Crippen molar-refractivity contribution in [2.45, 2.75) is 12.5 Å². The quantitative estimate of drug-likeness (QED) is 0.870. The Labute approximate surface area is 116 Å². The molecule has 0 saturated heterocycles. The van der Waals surface area contributed by atoms with Crippen LogP contribution in [0, 0.1) is 5.82 Å². The van der Waals surface area contributed by atoms with Gasteiger partial charge in [-0.25, -0.2) is 4.39 Å². The van der Waals surface area contributed by atoms with E-state index >= 15 is 0 Å². The summed E-state index contributed by atoms with van der Waals surface area (Å²) in [5.41, 5.74) is 1.56. The Balaban J connectivity index is 2.19. The second kappa shape index (κ2) is 5.48. The molecule has 1 aromatic carbocycles. The van der Waals surface area contributed by atoms with E-state index in [0.29, 0.717) is 11.4 Å². The molecule has 1 unspecified atom stereocenters. The van der Waals surface area contributed by atoms with E-state index in [-0.39, 0.29) is 5.82 Å². The third-order valence-corrected chi connectivity index (χ3v) is 4.53. The van der Waals surface area contributed by atoms with Crippen LogP contribution < -0.4 is 0 Å². The van der Waals surface area contributed by atoms with Crippen LogP contribution in [-0.4, -0.2) is 5.11 Å². The smallest absolute Gasteiger partial charge is 0.124 e. The van der Waals surface area contributed by atoms with E-state index in [1.165, 1.54) is 23.5 Å². The Hall–Kier alpha value is -0.420. The van der Waals surface area contributed by atoms with E-state index in [9.17, 15) is 9.50 Å². The van der Waals surface area contributed by atoms with Crippen LogP contribution in [0.5, 0.6) is 0 Å². The molecule has 0 aliphatic heterocycles. The average molecular weight is 336 g/mol. The fourth-order valence-corrected chi connectivity index (χ4v) is 3.39. The van der Waals surface area contributed by atoms with Gasteiger partial charge in [-0.05, 0) is 39.0 Å². The van der Waals surface area contributed by atoms with Crippen molar-refractivity contribution in [1.82, 2.24) is 0 Å². The van der Waals surface area contributed by atoms with Gasteiger partial charge in [0.2, 0.25) is 0 Å². The van der Waals surface area contributed by atoms with Crippen LogP contribution in [0.1, 0.15) is 17.2 Å². The van der Waals surface area contributed by atoms with Gasteiger partial charge in [-0.2, -0.15) is 11.3 Å². The third-order valence-electron chi connectivity index (χ3n) is 2.43. The van der Waals surface area contributed by atoms with E-state index in [1.807, 2.05) is 10.8 Å². The van der Waals surface area contributed by atoms with Gasteiger partial charge in [-0.3, -0.25) is 0 Å². The van der Waals surface area contributed by atoms with Gasteiger partial charge >= 0.3 is 0 Å². The summed E-state index contributed by atoms with van der Waals surface area (Å²) in [7, 11) is 0. The molecule has 17 heavy (non-hydrogen) atoms. The molecule has 0 radical (unpaired) electrons. The number of halogens is 3. The highest BCUT2D eigenvalue weighted by Gasteiger charge is 2.14. The molecule has 1 nitrogen and oxygen atoms in total. The maximum Gasteiger partial charge on any atom is 0.124 e. The summed E-state index contributed by atoms with van der Waals surface area (Å²) in [6.07, 6.45) is -0.271. The van der Waals surface area contributed by atoms with Crippen LogP contribution in [0.25, 0.3) is 0 Å². The molecule has 2 rings (SSSR count). The van der Waals surface area contributed by atoms with Crippen molar-refractivity contribution >= 4 is 38.9 Å². The van der Waals surface area contributed by atoms with Crippen LogP contribution in [0.15, 0.2) is 33.4 Å². The first kappa shape index (κ1) is 13.0. The number of rotatable bonds is 3. The second-order valence-corrected chi connectivity index (χ2v) is 5.64. The maximum atomic E-state index is 12.9. The van der Waals surface area contributed by atoms with Crippen LogP contribution in [0.4, 0.5) is 4.39 Å². The zero-order valence-electron chi connectivity index (χ0n) is 8.66. The molecule has 1 aromatic heterocycles. The summed E-state index contributed by atoms with van der Waals surface area (Å²) in [5.74, 6) is -0.370. The standard InChI is InChI=1S/C12H9BrClFOS/c13-10-6-17-5-9(10)12(16)3-7-1-2-8(15)4-11(7)14/h1-2,4-6,12,16H,3H2. The van der Waals surface area contributed by atoms with E-state index < -0.39 is 6.10 Å². The summed E-state index contributed by atoms with van der Waals surface area (Å²) >= 11 is 10.8. The van der Waals surface area contributed by atoms with Crippen LogP contribution in [0.2, 0.25) is 5.02 Å². The average Bonchev–Trinajstić information content (AvgIpc) is 2.68. The van der Waals surface area contributed by atoms with Gasteiger partial charge in [0.15, 0.2) is 0 Å². The first-order valence-electron chi connectivity index (χ1n) is 4.91. The first-order chi connectivity index (χ1) is 8.08. The molecular formula is C12H9BrClFOS. The number of aliphatic hydroxyl groups is 1. The van der Waals surface area contributed by atoms with Gasteiger partial charge in [0.25, 0.3) is 0 Å². The lowest BCUT2D eigenvalue weighted by atomic mass is 10.0. The molecule has 0 amide bonds. The molecule has 2 aromatic rings. The predicted molar refractivity (Wildman–Crippen MR) is 72.1 cm³/mol. The number of aliphatic hydroxyl groups excluding tert-OH is 1. The van der Waals surface area contributed by atoms with Gasteiger partial charge in [-0.1, -0.05) is 17.7 Å². The van der Waals surface area contributed by atoms with E-state index in [2.05, 4.69) is 15.9 Å². The molecule has 0 aliphatic carbocycles. The van der Waals surface area contributed by atoms with Crippen molar-refractivity contribution < 1.29 is 9.50 Å². The monoisotopic (exact) mass is 334 g/mol. The molecule has 0 saturated carbocycles. The Morgan fingerprint density at radius 2 is 2.18 bits per heavy atom. The van der Waals surface area contributed by atoms with Crippen LogP contribution in [-0.2, 0) is 6.42 Å². The third kappa shape index (κ3) is 3.07. The second-order valence-electron chi connectivity index (χ2n) is 3.63. The molecule has 0 spiro atoms. The molecule has 0 aliphatic rings. The SMILES string of the molecule is OC(Cc1ccc(F)cc1Cl)c1cscc1Br. The van der Waals surface area contributed by atoms with Crippen molar-refractivity contribution in [3.63, 3.8) is 0 Å². The lowest BCUT2D eigenvalue weighted by molar-refractivity contribution is 0.178. The zero-order valence-corrected chi connectivity index (χ0v) is 11.8. The van der Waals surface area contributed by atoms with Crippen molar-refractivity contribution in [2.24, 2.45) is 0 Å². The summed E-state index contributed by atoms with van der Waals surface area (Å²) in [5, 5.41) is 14.2. The number of benzene rings is 1. The number of hydrogen-bond acceptors (Lipinski definition) is 2. The van der Waals surface area contributed by atoms with E-state index in [0.717, 1.165) is 15.6 Å². The molecule has 90 valence electrons. The molecule has 1 heterocycles. The minimum atomic E-state index is -0.640. The van der Waals surface area contributed by atoms with Gasteiger partial charge in [0.05, 0.1) is 6.10 Å². The van der Waals surface area contributed by atoms with Crippen LogP contribution >= 0.6 is 38.9 Å². The Bertz CT molecular complexity index is 529. The number of hydrogen-bond donors (Lipinski definition) is 1. The summed E-state index contributed by atoms with van der Waals surface area (Å²) in [4.78, 5) is 0. The fraction of sp³-hybridized carbons (Fsp3) is 0.167. The topological polar surface area (TPSA) is 20.2 Å². The summed E-state index contributed by atoms with van der Waals surface area (Å²) in [6, 6.07) is 4.20.